The van der Waals surface area contributed by atoms with Gasteiger partial charge in [-0.25, -0.2) is 0 Å². The summed E-state index contributed by atoms with van der Waals surface area (Å²) < 4.78 is 10.8. The van der Waals surface area contributed by atoms with Gasteiger partial charge in [0.2, 0.25) is 5.91 Å². The summed E-state index contributed by atoms with van der Waals surface area (Å²) in [5.41, 5.74) is 1.66. The van der Waals surface area contributed by atoms with E-state index in [0.717, 1.165) is 23.4 Å². The summed E-state index contributed by atoms with van der Waals surface area (Å²) in [5, 5.41) is 0. The van der Waals surface area contributed by atoms with Gasteiger partial charge in [-0.2, -0.15) is 0 Å². The number of carbonyl (C=O) groups excluding carboxylic acids is 1. The van der Waals surface area contributed by atoms with E-state index in [1.54, 1.807) is 7.11 Å². The normalized spacial score (nSPS) is 26.4. The Morgan fingerprint density at radius 1 is 1.13 bits per heavy atom. The van der Waals surface area contributed by atoms with E-state index < -0.39 is 5.41 Å². The second-order valence-electron chi connectivity index (χ2n) is 6.15. The molecule has 2 aliphatic rings. The zero-order valence-corrected chi connectivity index (χ0v) is 13.1. The highest BCUT2D eigenvalue weighted by Crippen LogP contribution is 2.56. The number of rotatable bonds is 3. The van der Waals surface area contributed by atoms with Crippen LogP contribution in [-0.4, -0.2) is 26.2 Å². The van der Waals surface area contributed by atoms with E-state index >= 15 is 0 Å². The fourth-order valence-electron chi connectivity index (χ4n) is 3.73. The predicted octanol–water partition coefficient (Wildman–Crippen LogP) is 3.19. The van der Waals surface area contributed by atoms with Gasteiger partial charge in [-0.3, -0.25) is 4.79 Å². The van der Waals surface area contributed by atoms with Crippen molar-refractivity contribution in [2.75, 3.05) is 25.2 Å². The monoisotopic (exact) mass is 309 g/mol. The van der Waals surface area contributed by atoms with E-state index in [0.29, 0.717) is 13.2 Å². The first-order valence-corrected chi connectivity index (χ1v) is 7.87. The van der Waals surface area contributed by atoms with Crippen molar-refractivity contribution in [3.8, 4) is 5.75 Å². The Kier molecular flexibility index (Phi) is 3.34. The van der Waals surface area contributed by atoms with Gasteiger partial charge in [-0.1, -0.05) is 30.3 Å². The van der Waals surface area contributed by atoms with Gasteiger partial charge >= 0.3 is 0 Å². The number of benzene rings is 2. The number of anilines is 1. The highest BCUT2D eigenvalue weighted by molar-refractivity contribution is 6.06. The molecule has 4 heteroatoms. The van der Waals surface area contributed by atoms with Crippen LogP contribution in [0.4, 0.5) is 5.69 Å². The van der Waals surface area contributed by atoms with Crippen LogP contribution in [0.3, 0.4) is 0 Å². The van der Waals surface area contributed by atoms with Gasteiger partial charge in [0.15, 0.2) is 0 Å². The summed E-state index contributed by atoms with van der Waals surface area (Å²) in [6, 6.07) is 17.9. The minimum atomic E-state index is -0.402. The Bertz CT molecular complexity index is 705. The Balaban J connectivity index is 1.74. The van der Waals surface area contributed by atoms with Crippen LogP contribution in [0.1, 0.15) is 18.0 Å². The van der Waals surface area contributed by atoms with Crippen molar-refractivity contribution >= 4 is 11.6 Å². The lowest BCUT2D eigenvalue weighted by Gasteiger charge is -2.54. The molecule has 0 bridgehead atoms. The summed E-state index contributed by atoms with van der Waals surface area (Å²) >= 11 is 0. The molecule has 2 aliphatic heterocycles. The largest absolute Gasteiger partial charge is 0.497 e. The lowest BCUT2D eigenvalue weighted by Crippen LogP contribution is -2.64. The maximum absolute atomic E-state index is 12.9. The number of hydrogen-bond donors (Lipinski definition) is 0. The summed E-state index contributed by atoms with van der Waals surface area (Å²) in [4.78, 5) is 14.8. The second kappa shape index (κ2) is 5.39. The third-order valence-corrected chi connectivity index (χ3v) is 4.94. The van der Waals surface area contributed by atoms with Crippen molar-refractivity contribution < 1.29 is 14.3 Å². The smallest absolute Gasteiger partial charge is 0.238 e. The first-order chi connectivity index (χ1) is 11.3. The van der Waals surface area contributed by atoms with Crippen LogP contribution >= 0.6 is 0 Å². The molecule has 0 aromatic heterocycles. The number of hydrogen-bond acceptors (Lipinski definition) is 3. The molecule has 4 nitrogen and oxygen atoms in total. The van der Waals surface area contributed by atoms with Gasteiger partial charge < -0.3 is 14.4 Å². The van der Waals surface area contributed by atoms with E-state index in [1.165, 1.54) is 0 Å². The third kappa shape index (κ3) is 2.05. The SMILES string of the molecule is COc1ccc(N2C(=O)[C@]3(CCOC3)[C@H]2c2ccccc2)cc1. The number of methoxy groups -OCH3 is 1. The molecule has 0 aliphatic carbocycles. The van der Waals surface area contributed by atoms with E-state index in [1.807, 2.05) is 47.4 Å². The molecule has 1 amide bonds. The molecule has 0 N–H and O–H groups in total. The van der Waals surface area contributed by atoms with Gasteiger partial charge in [-0.05, 0) is 36.2 Å². The predicted molar refractivity (Wildman–Crippen MR) is 87.5 cm³/mol. The van der Waals surface area contributed by atoms with Gasteiger partial charge in [-0.15, -0.1) is 0 Å². The summed E-state index contributed by atoms with van der Waals surface area (Å²) in [6.45, 7) is 1.17. The first-order valence-electron chi connectivity index (χ1n) is 7.87. The fourth-order valence-corrected chi connectivity index (χ4v) is 3.73. The molecule has 118 valence electrons. The number of β-lactam (4-membered cyclic amide) rings is 1. The summed E-state index contributed by atoms with van der Waals surface area (Å²) in [6.07, 6.45) is 0.790. The van der Waals surface area contributed by atoms with Crippen molar-refractivity contribution in [3.05, 3.63) is 60.2 Å². The number of nitrogens with zero attached hydrogens (tertiary/aromatic N) is 1. The van der Waals surface area contributed by atoms with Gasteiger partial charge in [0.1, 0.15) is 11.2 Å². The van der Waals surface area contributed by atoms with E-state index in [2.05, 4.69) is 12.1 Å². The lowest BCUT2D eigenvalue weighted by molar-refractivity contribution is -0.140. The standard InChI is InChI=1S/C19H19NO3/c1-22-16-9-7-15(8-10-16)20-17(14-5-3-2-4-6-14)19(18(20)21)11-12-23-13-19/h2-10,17H,11-13H2,1H3/t17-,19+/m1/s1. The van der Waals surface area contributed by atoms with E-state index in [4.69, 9.17) is 9.47 Å². The summed E-state index contributed by atoms with van der Waals surface area (Å²) in [5.74, 6) is 0.950. The zero-order valence-electron chi connectivity index (χ0n) is 13.1. The van der Waals surface area contributed by atoms with Crippen LogP contribution in [-0.2, 0) is 9.53 Å². The van der Waals surface area contributed by atoms with Crippen molar-refractivity contribution in [1.29, 1.82) is 0 Å². The average molecular weight is 309 g/mol. The summed E-state index contributed by atoms with van der Waals surface area (Å²) in [7, 11) is 1.64. The van der Waals surface area contributed by atoms with Crippen LogP contribution in [0.25, 0.3) is 0 Å². The Morgan fingerprint density at radius 2 is 1.87 bits per heavy atom. The van der Waals surface area contributed by atoms with Crippen LogP contribution in [0.5, 0.6) is 5.75 Å². The number of ether oxygens (including phenoxy) is 2. The van der Waals surface area contributed by atoms with Crippen LogP contribution < -0.4 is 9.64 Å². The van der Waals surface area contributed by atoms with Crippen LogP contribution in [0.2, 0.25) is 0 Å². The molecule has 0 unspecified atom stereocenters. The quantitative estimate of drug-likeness (QED) is 0.817. The van der Waals surface area contributed by atoms with Crippen molar-refractivity contribution in [1.82, 2.24) is 0 Å². The molecule has 2 aromatic carbocycles. The molecule has 2 heterocycles. The minimum absolute atomic E-state index is 0.0343. The molecule has 2 fully saturated rings. The number of carbonyl (C=O) groups is 1. The van der Waals surface area contributed by atoms with Crippen molar-refractivity contribution in [2.24, 2.45) is 5.41 Å². The fraction of sp³-hybridized carbons (Fsp3) is 0.316. The van der Waals surface area contributed by atoms with Crippen molar-refractivity contribution in [3.63, 3.8) is 0 Å². The first kappa shape index (κ1) is 14.3. The molecule has 0 saturated carbocycles. The van der Waals surface area contributed by atoms with E-state index in [9.17, 15) is 4.79 Å². The number of amides is 1. The zero-order chi connectivity index (χ0) is 15.9. The molecule has 2 aromatic rings. The van der Waals surface area contributed by atoms with Crippen molar-refractivity contribution in [2.45, 2.75) is 12.5 Å². The molecular formula is C19H19NO3. The third-order valence-electron chi connectivity index (χ3n) is 4.94. The topological polar surface area (TPSA) is 38.8 Å². The molecular weight excluding hydrogens is 290 g/mol. The molecule has 4 rings (SSSR count). The second-order valence-corrected chi connectivity index (χ2v) is 6.15. The van der Waals surface area contributed by atoms with Crippen LogP contribution in [0.15, 0.2) is 54.6 Å². The minimum Gasteiger partial charge on any atom is -0.497 e. The molecule has 2 saturated heterocycles. The maximum atomic E-state index is 12.9. The van der Waals surface area contributed by atoms with Crippen LogP contribution in [0, 0.1) is 5.41 Å². The van der Waals surface area contributed by atoms with Gasteiger partial charge in [0.25, 0.3) is 0 Å². The van der Waals surface area contributed by atoms with E-state index in [-0.39, 0.29) is 11.9 Å². The average Bonchev–Trinajstić information content (AvgIpc) is 3.12. The molecule has 23 heavy (non-hydrogen) atoms. The molecule has 0 radical (unpaired) electrons. The molecule has 2 atom stereocenters. The molecule has 1 spiro atoms. The Labute approximate surface area is 135 Å². The highest BCUT2D eigenvalue weighted by atomic mass is 16.5. The Morgan fingerprint density at radius 3 is 2.48 bits per heavy atom. The lowest BCUT2D eigenvalue weighted by atomic mass is 9.67. The van der Waals surface area contributed by atoms with Gasteiger partial charge in [0.05, 0.1) is 19.8 Å². The highest BCUT2D eigenvalue weighted by Gasteiger charge is 2.63. The Hall–Kier alpha value is -2.33. The maximum Gasteiger partial charge on any atom is 0.238 e. The van der Waals surface area contributed by atoms with Gasteiger partial charge in [0, 0.05) is 12.3 Å².